The molecule has 0 bridgehead atoms. The van der Waals surface area contributed by atoms with Crippen LogP contribution in [0.15, 0.2) is 139 Å². The van der Waals surface area contributed by atoms with Gasteiger partial charge in [-0.15, -0.1) is 15.3 Å². The largest absolute Gasteiger partial charge is 1.00 e. The number of azo groups is 2. The van der Waals surface area contributed by atoms with Crippen molar-refractivity contribution in [1.29, 1.82) is 0 Å². The molecule has 0 aliphatic heterocycles. The van der Waals surface area contributed by atoms with E-state index in [0.717, 1.165) is 17.7 Å². The fraction of sp³-hybridized carbons (Fsp3) is 0. The summed E-state index contributed by atoms with van der Waals surface area (Å²) in [6.07, 6.45) is 0. The molecule has 6 rings (SSSR count). The Kier molecular flexibility index (Phi) is 11.6. The van der Waals surface area contributed by atoms with Gasteiger partial charge in [0.05, 0.1) is 32.5 Å². The molecule has 6 aromatic carbocycles. The second-order valence-electron chi connectivity index (χ2n) is 10.1. The summed E-state index contributed by atoms with van der Waals surface area (Å²) in [7, 11) is -9.63. The number of rotatable bonds is 7. The van der Waals surface area contributed by atoms with Crippen LogP contribution in [-0.2, 0) is 20.2 Å². The second-order valence-corrected chi connectivity index (χ2v) is 12.8. The standard InChI is InChI=1S/C32H24N6O6S2.2Na/c33-31-24-10-3-1-8-22(24)29(45(39,40)41)17-27(31)37-35-20-15-13-19(14-16-20)21-7-5-6-12-26(21)36-38-28-18-30(46(42,43)44)23-9-2-4-11-25(23)32(28)34;;/h1-18H,33-34H2,(H,39,40,41)(H,42,43,44);;/q;2*+1/p-2. The van der Waals surface area contributed by atoms with Crippen molar-refractivity contribution in [2.24, 2.45) is 20.5 Å². The van der Waals surface area contributed by atoms with Gasteiger partial charge in [0.15, 0.2) is 0 Å². The monoisotopic (exact) mass is 696 g/mol. The van der Waals surface area contributed by atoms with E-state index in [0.29, 0.717) is 27.7 Å². The maximum Gasteiger partial charge on any atom is 1.00 e. The maximum absolute atomic E-state index is 12.0. The van der Waals surface area contributed by atoms with Crippen LogP contribution in [0.3, 0.4) is 0 Å². The van der Waals surface area contributed by atoms with Crippen LogP contribution in [-0.4, -0.2) is 25.9 Å². The van der Waals surface area contributed by atoms with E-state index in [2.05, 4.69) is 20.5 Å². The number of nitrogen functional groups attached to an aromatic ring is 2. The van der Waals surface area contributed by atoms with Crippen LogP contribution in [0.4, 0.5) is 34.1 Å². The molecule has 0 aliphatic rings. The summed E-state index contributed by atoms with van der Waals surface area (Å²) in [6.45, 7) is 0. The maximum atomic E-state index is 12.0. The van der Waals surface area contributed by atoms with Gasteiger partial charge in [-0.1, -0.05) is 78.9 Å². The first kappa shape index (κ1) is 37.3. The first-order valence-corrected chi connectivity index (χ1v) is 16.3. The normalized spacial score (nSPS) is 12.0. The quantitative estimate of drug-likeness (QED) is 0.108. The topological polar surface area (TPSA) is 216 Å². The van der Waals surface area contributed by atoms with E-state index in [9.17, 15) is 25.9 Å². The Morgan fingerprint density at radius 2 is 0.875 bits per heavy atom. The predicted molar refractivity (Wildman–Crippen MR) is 173 cm³/mol. The molecular formula is C32H22N6Na2O6S2. The molecule has 12 nitrogen and oxygen atoms in total. The van der Waals surface area contributed by atoms with Crippen LogP contribution in [0, 0.1) is 0 Å². The van der Waals surface area contributed by atoms with Crippen molar-refractivity contribution in [1.82, 2.24) is 0 Å². The van der Waals surface area contributed by atoms with Gasteiger partial charge in [-0.05, 0) is 35.9 Å². The van der Waals surface area contributed by atoms with Gasteiger partial charge >= 0.3 is 59.1 Å². The zero-order valence-electron chi connectivity index (χ0n) is 25.6. The van der Waals surface area contributed by atoms with Crippen molar-refractivity contribution in [3.8, 4) is 11.1 Å². The van der Waals surface area contributed by atoms with Crippen LogP contribution < -0.4 is 70.6 Å². The average Bonchev–Trinajstić information content (AvgIpc) is 3.03. The van der Waals surface area contributed by atoms with Crippen molar-refractivity contribution >= 4 is 75.9 Å². The van der Waals surface area contributed by atoms with Crippen LogP contribution in [0.5, 0.6) is 0 Å². The summed E-state index contributed by atoms with van der Waals surface area (Å²) in [5.74, 6) is 0. The molecule has 0 fully saturated rings. The van der Waals surface area contributed by atoms with E-state index in [1.165, 1.54) is 12.1 Å². The number of hydrogen-bond acceptors (Lipinski definition) is 12. The zero-order chi connectivity index (χ0) is 32.6. The first-order chi connectivity index (χ1) is 21.9. The van der Waals surface area contributed by atoms with Crippen LogP contribution in [0.1, 0.15) is 0 Å². The minimum Gasteiger partial charge on any atom is -0.744 e. The van der Waals surface area contributed by atoms with E-state index in [-0.39, 0.29) is 92.6 Å². The molecule has 0 aliphatic carbocycles. The second kappa shape index (κ2) is 14.9. The third kappa shape index (κ3) is 7.68. The summed E-state index contributed by atoms with van der Waals surface area (Å²) in [5.41, 5.74) is 15.2. The molecule has 0 aromatic heterocycles. The Bertz CT molecular complexity index is 2460. The molecule has 0 saturated carbocycles. The third-order valence-electron chi connectivity index (χ3n) is 7.21. The van der Waals surface area contributed by atoms with Crippen LogP contribution in [0.2, 0.25) is 0 Å². The minimum absolute atomic E-state index is 0. The molecule has 4 N–H and O–H groups in total. The van der Waals surface area contributed by atoms with Gasteiger partial charge < -0.3 is 20.6 Å². The van der Waals surface area contributed by atoms with Gasteiger partial charge in [0, 0.05) is 27.1 Å². The van der Waals surface area contributed by atoms with Gasteiger partial charge in [0.25, 0.3) is 0 Å². The van der Waals surface area contributed by atoms with Crippen molar-refractivity contribution in [3.63, 3.8) is 0 Å². The molecule has 16 heteroatoms. The molecule has 0 unspecified atom stereocenters. The molecule has 0 amide bonds. The van der Waals surface area contributed by atoms with Crippen LogP contribution in [0.25, 0.3) is 32.7 Å². The van der Waals surface area contributed by atoms with E-state index in [1.54, 1.807) is 78.9 Å². The number of fused-ring (bicyclic) bond motifs is 2. The summed E-state index contributed by atoms with van der Waals surface area (Å²) >= 11 is 0. The number of anilines is 2. The molecule has 0 saturated heterocycles. The summed E-state index contributed by atoms with van der Waals surface area (Å²) in [6, 6.07) is 28.9. The molecule has 0 radical (unpaired) electrons. The molecule has 0 atom stereocenters. The predicted octanol–water partition coefficient (Wildman–Crippen LogP) is 1.47. The van der Waals surface area contributed by atoms with Gasteiger partial charge in [-0.25, -0.2) is 16.8 Å². The fourth-order valence-corrected chi connectivity index (χ4v) is 6.42. The van der Waals surface area contributed by atoms with Gasteiger partial charge in [-0.3, -0.25) is 0 Å². The minimum atomic E-state index is -4.82. The Balaban J connectivity index is 0.00000260. The summed E-state index contributed by atoms with van der Waals surface area (Å²) in [5, 5.41) is 18.0. The zero-order valence-corrected chi connectivity index (χ0v) is 31.2. The molecule has 230 valence electrons. The van der Waals surface area contributed by atoms with Gasteiger partial charge in [0.2, 0.25) is 0 Å². The van der Waals surface area contributed by atoms with Gasteiger partial charge in [0.1, 0.15) is 31.6 Å². The number of nitrogens with two attached hydrogens (primary N) is 2. The molecule has 0 spiro atoms. The molecule has 6 aromatic rings. The molecule has 48 heavy (non-hydrogen) atoms. The average molecular weight is 697 g/mol. The summed E-state index contributed by atoms with van der Waals surface area (Å²) < 4.78 is 71.7. The smallest absolute Gasteiger partial charge is 0.744 e. The third-order valence-corrected chi connectivity index (χ3v) is 8.97. The number of benzene rings is 6. The van der Waals surface area contributed by atoms with E-state index in [4.69, 9.17) is 11.5 Å². The Morgan fingerprint density at radius 3 is 1.35 bits per heavy atom. The van der Waals surface area contributed by atoms with E-state index in [1.807, 2.05) is 6.07 Å². The number of hydrogen-bond donors (Lipinski definition) is 2. The van der Waals surface area contributed by atoms with Crippen molar-refractivity contribution in [2.75, 3.05) is 11.5 Å². The Hall–Kier alpha value is -3.54. The van der Waals surface area contributed by atoms with Gasteiger partial charge in [-0.2, -0.15) is 5.11 Å². The SMILES string of the molecule is Nc1c(N=Nc2ccc(-c3ccccc3N=Nc3cc(S(=O)(=O)[O-])c4ccccc4c3N)cc2)cc(S(=O)(=O)[O-])c2ccccc12.[Na+].[Na+]. The van der Waals surface area contributed by atoms with Crippen molar-refractivity contribution in [3.05, 3.63) is 109 Å². The fourth-order valence-electron chi connectivity index (χ4n) is 5.01. The van der Waals surface area contributed by atoms with E-state index < -0.39 is 30.0 Å². The Morgan fingerprint density at radius 1 is 0.479 bits per heavy atom. The van der Waals surface area contributed by atoms with Crippen molar-refractivity contribution < 1.29 is 85.1 Å². The van der Waals surface area contributed by atoms with Crippen LogP contribution >= 0.6 is 0 Å². The molecule has 0 heterocycles. The summed E-state index contributed by atoms with van der Waals surface area (Å²) in [4.78, 5) is -0.885. The molecular weight excluding hydrogens is 675 g/mol. The van der Waals surface area contributed by atoms with Crippen molar-refractivity contribution in [2.45, 2.75) is 9.79 Å². The Labute approximate surface area is 320 Å². The number of nitrogens with zero attached hydrogens (tertiary/aromatic N) is 4. The van der Waals surface area contributed by atoms with E-state index >= 15 is 0 Å². The first-order valence-electron chi connectivity index (χ1n) is 13.5.